The van der Waals surface area contributed by atoms with Crippen molar-refractivity contribution in [3.63, 3.8) is 0 Å². The molecule has 0 heterocycles. The zero-order chi connectivity index (χ0) is 43.8. The van der Waals surface area contributed by atoms with Crippen LogP contribution in [0.5, 0.6) is 0 Å². The van der Waals surface area contributed by atoms with Gasteiger partial charge in [0.05, 0.1) is 25.2 Å². The highest BCUT2D eigenvalue weighted by atomic mass is 16.5. The van der Waals surface area contributed by atoms with Crippen molar-refractivity contribution in [2.24, 2.45) is 0 Å². The highest BCUT2D eigenvalue weighted by Crippen LogP contribution is 2.17. The van der Waals surface area contributed by atoms with Gasteiger partial charge in [0, 0.05) is 6.42 Å². The summed E-state index contributed by atoms with van der Waals surface area (Å²) in [6.07, 6.45) is 59.6. The summed E-state index contributed by atoms with van der Waals surface area (Å²) >= 11 is 0. The van der Waals surface area contributed by atoms with Crippen LogP contribution in [0.2, 0.25) is 0 Å². The molecule has 0 bridgehead atoms. The van der Waals surface area contributed by atoms with Crippen molar-refractivity contribution in [1.29, 1.82) is 0 Å². The number of hydrogen-bond acceptors (Lipinski definition) is 5. The quantitative estimate of drug-likeness (QED) is 0.0246. The van der Waals surface area contributed by atoms with E-state index in [9.17, 15) is 19.8 Å². The van der Waals surface area contributed by atoms with E-state index in [2.05, 4.69) is 44.3 Å². The fourth-order valence-corrected chi connectivity index (χ4v) is 7.34. The molecule has 0 fully saturated rings. The average molecular weight is 838 g/mol. The highest BCUT2D eigenvalue weighted by Gasteiger charge is 2.24. The Morgan fingerprint density at radius 3 is 1.42 bits per heavy atom. The Balaban J connectivity index is 4.70. The SMILES string of the molecule is CC/C=C/C=C/C=C\C=C/C=C/CCCC(=O)OC(CCCCC/C=C/CCCCCCCCC)CC(=O)NC(CO)C(O)CCCCCCCCCCCCCCCC. The van der Waals surface area contributed by atoms with Crippen LogP contribution in [0.15, 0.2) is 72.9 Å². The number of hydrogen-bond donors (Lipinski definition) is 3. The molecule has 0 spiro atoms. The Kier molecular flexibility index (Phi) is 45.2. The number of amides is 1. The number of carbonyl (C=O) groups excluding carboxylic acids is 2. The van der Waals surface area contributed by atoms with Gasteiger partial charge in [0.2, 0.25) is 5.91 Å². The van der Waals surface area contributed by atoms with Gasteiger partial charge in [-0.25, -0.2) is 0 Å². The smallest absolute Gasteiger partial charge is 0.306 e. The normalized spacial score (nSPS) is 13.9. The van der Waals surface area contributed by atoms with E-state index in [1.807, 2.05) is 54.7 Å². The number of carbonyl (C=O) groups is 2. The molecule has 0 aliphatic heterocycles. The van der Waals surface area contributed by atoms with E-state index >= 15 is 0 Å². The van der Waals surface area contributed by atoms with Crippen LogP contribution in [0, 0.1) is 0 Å². The molecule has 6 nitrogen and oxygen atoms in total. The number of rotatable bonds is 44. The van der Waals surface area contributed by atoms with E-state index in [-0.39, 0.29) is 24.9 Å². The lowest BCUT2D eigenvalue weighted by Crippen LogP contribution is -2.46. The standard InChI is InChI=1S/C54H95NO5/c1-4-7-10-13-16-19-22-25-28-30-33-36-39-42-45-50(60-54(59)47-44-41-38-35-32-27-24-21-18-15-12-9-6-3)48-53(58)55-51(49-56)52(57)46-43-40-37-34-31-29-26-23-20-17-14-11-8-5-2/h9,12,15,18,21,24,27-28,30,32,35,38,50-52,56-57H,4-8,10-11,13-14,16-17,19-20,22-23,25-26,29,31,33-34,36-37,39-49H2,1-3H3,(H,55,58)/b12-9+,18-15+,24-21-,30-28+,32-27-,38-35+. The van der Waals surface area contributed by atoms with Gasteiger partial charge in [0.15, 0.2) is 0 Å². The minimum absolute atomic E-state index is 0.0362. The molecule has 346 valence electrons. The number of unbranched alkanes of at least 4 members (excludes halogenated alkanes) is 24. The third-order valence-corrected chi connectivity index (χ3v) is 11.1. The number of aliphatic hydroxyl groups is 2. The fraction of sp³-hybridized carbons (Fsp3) is 0.741. The van der Waals surface area contributed by atoms with Gasteiger partial charge in [0.25, 0.3) is 0 Å². The maximum Gasteiger partial charge on any atom is 0.306 e. The minimum atomic E-state index is -0.806. The minimum Gasteiger partial charge on any atom is -0.462 e. The first kappa shape index (κ1) is 57.3. The number of aliphatic hydroxyl groups excluding tert-OH is 2. The molecule has 0 aromatic heterocycles. The summed E-state index contributed by atoms with van der Waals surface area (Å²) < 4.78 is 5.88. The Morgan fingerprint density at radius 2 is 0.917 bits per heavy atom. The molecule has 3 unspecified atom stereocenters. The van der Waals surface area contributed by atoms with Gasteiger partial charge < -0.3 is 20.3 Å². The largest absolute Gasteiger partial charge is 0.462 e. The van der Waals surface area contributed by atoms with Crippen LogP contribution < -0.4 is 5.32 Å². The summed E-state index contributed by atoms with van der Waals surface area (Å²) in [6.45, 7) is 6.31. The predicted molar refractivity (Wildman–Crippen MR) is 259 cm³/mol. The molecule has 0 aromatic rings. The van der Waals surface area contributed by atoms with Crippen molar-refractivity contribution < 1.29 is 24.5 Å². The average Bonchev–Trinajstić information content (AvgIpc) is 3.24. The highest BCUT2D eigenvalue weighted by molar-refractivity contribution is 5.77. The van der Waals surface area contributed by atoms with Gasteiger partial charge in [-0.2, -0.15) is 0 Å². The maximum absolute atomic E-state index is 13.2. The van der Waals surface area contributed by atoms with E-state index in [0.717, 1.165) is 64.2 Å². The van der Waals surface area contributed by atoms with E-state index in [1.54, 1.807) is 0 Å². The van der Waals surface area contributed by atoms with E-state index in [4.69, 9.17) is 4.74 Å². The van der Waals surface area contributed by atoms with Crippen LogP contribution in [0.4, 0.5) is 0 Å². The number of ether oxygens (including phenoxy) is 1. The van der Waals surface area contributed by atoms with Crippen molar-refractivity contribution in [3.8, 4) is 0 Å². The molecule has 60 heavy (non-hydrogen) atoms. The third-order valence-electron chi connectivity index (χ3n) is 11.1. The summed E-state index contributed by atoms with van der Waals surface area (Å²) in [7, 11) is 0. The van der Waals surface area contributed by atoms with Gasteiger partial charge in [-0.05, 0) is 64.2 Å². The summed E-state index contributed by atoms with van der Waals surface area (Å²) in [4.78, 5) is 26.1. The third kappa shape index (κ3) is 42.0. The molecule has 3 atom stereocenters. The molecule has 0 rings (SSSR count). The van der Waals surface area contributed by atoms with Crippen LogP contribution in [0.1, 0.15) is 233 Å². The van der Waals surface area contributed by atoms with Crippen molar-refractivity contribution in [2.75, 3.05) is 6.61 Å². The molecule has 0 aromatic carbocycles. The predicted octanol–water partition coefficient (Wildman–Crippen LogP) is 15.0. The van der Waals surface area contributed by atoms with Gasteiger partial charge in [-0.1, -0.05) is 229 Å². The summed E-state index contributed by atoms with van der Waals surface area (Å²) in [5.74, 6) is -0.578. The first-order valence-corrected chi connectivity index (χ1v) is 25.2. The molecule has 3 N–H and O–H groups in total. The first-order valence-electron chi connectivity index (χ1n) is 25.2. The number of allylic oxidation sites excluding steroid dienone is 12. The van der Waals surface area contributed by atoms with Gasteiger partial charge in [0.1, 0.15) is 6.10 Å². The van der Waals surface area contributed by atoms with Crippen LogP contribution in [0.25, 0.3) is 0 Å². The van der Waals surface area contributed by atoms with Crippen molar-refractivity contribution in [2.45, 2.75) is 251 Å². The topological polar surface area (TPSA) is 95.9 Å². The molecule has 0 radical (unpaired) electrons. The Labute approximate surface area is 371 Å². The monoisotopic (exact) mass is 838 g/mol. The van der Waals surface area contributed by atoms with Crippen LogP contribution in [-0.2, 0) is 14.3 Å². The summed E-state index contributed by atoms with van der Waals surface area (Å²) in [6, 6.07) is -0.723. The fourth-order valence-electron chi connectivity index (χ4n) is 7.34. The van der Waals surface area contributed by atoms with Crippen molar-refractivity contribution in [1.82, 2.24) is 5.32 Å². The lowest BCUT2D eigenvalue weighted by molar-refractivity contribution is -0.151. The van der Waals surface area contributed by atoms with Gasteiger partial charge in [-0.15, -0.1) is 0 Å². The van der Waals surface area contributed by atoms with Crippen LogP contribution >= 0.6 is 0 Å². The van der Waals surface area contributed by atoms with E-state index < -0.39 is 18.2 Å². The molecule has 0 aliphatic rings. The summed E-state index contributed by atoms with van der Waals surface area (Å²) in [5.41, 5.74) is 0. The summed E-state index contributed by atoms with van der Waals surface area (Å²) in [5, 5.41) is 23.7. The molecule has 0 saturated carbocycles. The first-order chi connectivity index (χ1) is 29.5. The Bertz CT molecular complexity index is 1120. The molecule has 0 aliphatic carbocycles. The number of esters is 1. The van der Waals surface area contributed by atoms with Gasteiger partial charge >= 0.3 is 5.97 Å². The maximum atomic E-state index is 13.2. The van der Waals surface area contributed by atoms with Crippen LogP contribution in [0.3, 0.4) is 0 Å². The molecule has 1 amide bonds. The van der Waals surface area contributed by atoms with Crippen molar-refractivity contribution in [3.05, 3.63) is 72.9 Å². The lowest BCUT2D eigenvalue weighted by atomic mass is 10.0. The second kappa shape index (κ2) is 47.4. The van der Waals surface area contributed by atoms with Crippen molar-refractivity contribution >= 4 is 11.9 Å². The lowest BCUT2D eigenvalue weighted by Gasteiger charge is -2.24. The Hall–Kier alpha value is -2.70. The second-order valence-electron chi connectivity index (χ2n) is 17.0. The Morgan fingerprint density at radius 1 is 0.500 bits per heavy atom. The van der Waals surface area contributed by atoms with Gasteiger partial charge in [-0.3, -0.25) is 9.59 Å². The molecular formula is C54H95NO5. The van der Waals surface area contributed by atoms with Crippen LogP contribution in [-0.4, -0.2) is 46.9 Å². The van der Waals surface area contributed by atoms with E-state index in [1.165, 1.54) is 116 Å². The molecule has 6 heteroatoms. The molecular weight excluding hydrogens is 743 g/mol. The second-order valence-corrected chi connectivity index (χ2v) is 17.0. The molecule has 0 saturated heterocycles. The van der Waals surface area contributed by atoms with E-state index in [0.29, 0.717) is 25.7 Å². The zero-order valence-corrected chi connectivity index (χ0v) is 39.3. The zero-order valence-electron chi connectivity index (χ0n) is 39.3. The number of nitrogens with one attached hydrogen (secondary N) is 1.